The summed E-state index contributed by atoms with van der Waals surface area (Å²) in [5, 5.41) is 12.9. The van der Waals surface area contributed by atoms with Crippen LogP contribution in [-0.2, 0) is 0 Å². The lowest BCUT2D eigenvalue weighted by Crippen LogP contribution is -2.35. The monoisotopic (exact) mass is 304 g/mol. The molecule has 17 heavy (non-hydrogen) atoms. The number of pyridine rings is 1. The van der Waals surface area contributed by atoms with Gasteiger partial charge in [0.15, 0.2) is 11.6 Å². The Hall–Kier alpha value is -0.680. The Balaban J connectivity index is 2.61. The van der Waals surface area contributed by atoms with E-state index in [0.717, 1.165) is 0 Å². The van der Waals surface area contributed by atoms with E-state index in [1.807, 2.05) is 13.8 Å². The Morgan fingerprint density at radius 3 is 2.76 bits per heavy atom. The number of halogens is 2. The summed E-state index contributed by atoms with van der Waals surface area (Å²) >= 11 is 3.14. The Labute approximate surface area is 110 Å². The van der Waals surface area contributed by atoms with Gasteiger partial charge in [0.1, 0.15) is 0 Å². The molecule has 0 spiro atoms. The van der Waals surface area contributed by atoms with Crippen molar-refractivity contribution in [2.75, 3.05) is 11.9 Å². The zero-order valence-electron chi connectivity index (χ0n) is 10.3. The van der Waals surface area contributed by atoms with E-state index in [1.54, 1.807) is 6.92 Å². The summed E-state index contributed by atoms with van der Waals surface area (Å²) in [6, 6.07) is 1.34. The molecule has 96 valence electrons. The molecular weight excluding hydrogens is 287 g/mol. The van der Waals surface area contributed by atoms with Crippen molar-refractivity contribution < 1.29 is 9.50 Å². The predicted molar refractivity (Wildman–Crippen MR) is 70.5 cm³/mol. The van der Waals surface area contributed by atoms with Gasteiger partial charge in [-0.3, -0.25) is 0 Å². The third-order valence-electron chi connectivity index (χ3n) is 2.29. The highest BCUT2D eigenvalue weighted by molar-refractivity contribution is 9.10. The Kier molecular flexibility index (Phi) is 4.89. The van der Waals surface area contributed by atoms with E-state index in [2.05, 4.69) is 26.2 Å². The molecule has 0 radical (unpaired) electrons. The number of rotatable bonds is 5. The molecule has 0 saturated carbocycles. The largest absolute Gasteiger partial charge is 0.388 e. The minimum absolute atomic E-state index is 0.164. The first-order valence-corrected chi connectivity index (χ1v) is 6.37. The van der Waals surface area contributed by atoms with Crippen LogP contribution < -0.4 is 5.32 Å². The minimum Gasteiger partial charge on any atom is -0.388 e. The van der Waals surface area contributed by atoms with E-state index in [9.17, 15) is 9.50 Å². The highest BCUT2D eigenvalue weighted by atomic mass is 79.9. The number of aromatic nitrogens is 1. The fourth-order valence-corrected chi connectivity index (χ4v) is 2.07. The molecule has 1 unspecified atom stereocenters. The van der Waals surface area contributed by atoms with Gasteiger partial charge in [0, 0.05) is 17.2 Å². The van der Waals surface area contributed by atoms with Crippen molar-refractivity contribution >= 4 is 21.7 Å². The number of hydrogen-bond acceptors (Lipinski definition) is 3. The lowest BCUT2D eigenvalue weighted by molar-refractivity contribution is 0.0514. The van der Waals surface area contributed by atoms with E-state index in [4.69, 9.17) is 0 Å². The summed E-state index contributed by atoms with van der Waals surface area (Å²) < 4.78 is 14.0. The molecule has 1 atom stereocenters. The zero-order chi connectivity index (χ0) is 13.1. The summed E-state index contributed by atoms with van der Waals surface area (Å²) in [6.07, 6.45) is 2.17. The Morgan fingerprint density at radius 1 is 1.59 bits per heavy atom. The summed E-state index contributed by atoms with van der Waals surface area (Å²) in [7, 11) is 0. The fraction of sp³-hybridized carbons (Fsp3) is 0.583. The molecule has 0 amide bonds. The van der Waals surface area contributed by atoms with Crippen LogP contribution >= 0.6 is 15.9 Å². The first-order valence-electron chi connectivity index (χ1n) is 5.57. The van der Waals surface area contributed by atoms with Gasteiger partial charge in [0.05, 0.1) is 5.60 Å². The van der Waals surface area contributed by atoms with Crippen LogP contribution in [0.4, 0.5) is 10.2 Å². The summed E-state index contributed by atoms with van der Waals surface area (Å²) in [6.45, 7) is 6.08. The average Bonchev–Trinajstić information content (AvgIpc) is 2.14. The molecule has 5 heteroatoms. The molecule has 2 N–H and O–H groups in total. The molecule has 0 aliphatic carbocycles. The second-order valence-corrected chi connectivity index (χ2v) is 5.85. The van der Waals surface area contributed by atoms with E-state index in [-0.39, 0.29) is 12.4 Å². The van der Waals surface area contributed by atoms with Gasteiger partial charge < -0.3 is 10.4 Å². The van der Waals surface area contributed by atoms with Gasteiger partial charge in [-0.05, 0) is 41.3 Å². The third-order valence-corrected chi connectivity index (χ3v) is 2.73. The summed E-state index contributed by atoms with van der Waals surface area (Å²) in [5.41, 5.74) is -0.866. The number of nitrogens with one attached hydrogen (secondary N) is 1. The lowest BCUT2D eigenvalue weighted by Gasteiger charge is -2.25. The summed E-state index contributed by atoms with van der Waals surface area (Å²) in [5.74, 6) is 0.117. The molecule has 0 aliphatic heterocycles. The highest BCUT2D eigenvalue weighted by Gasteiger charge is 2.22. The number of hydrogen-bond donors (Lipinski definition) is 2. The topological polar surface area (TPSA) is 45.1 Å². The molecule has 0 aromatic carbocycles. The van der Waals surface area contributed by atoms with E-state index in [1.165, 1.54) is 12.3 Å². The molecule has 3 nitrogen and oxygen atoms in total. The third kappa shape index (κ3) is 5.00. The maximum absolute atomic E-state index is 13.5. The molecule has 0 bridgehead atoms. The number of anilines is 1. The van der Waals surface area contributed by atoms with Crippen molar-refractivity contribution in [1.29, 1.82) is 0 Å². The first-order chi connectivity index (χ1) is 7.80. The van der Waals surface area contributed by atoms with Crippen molar-refractivity contribution in [3.8, 4) is 0 Å². The second kappa shape index (κ2) is 5.78. The average molecular weight is 305 g/mol. The summed E-state index contributed by atoms with van der Waals surface area (Å²) in [4.78, 5) is 3.92. The molecule has 0 aliphatic rings. The van der Waals surface area contributed by atoms with Crippen LogP contribution in [0.5, 0.6) is 0 Å². The van der Waals surface area contributed by atoms with Crippen LogP contribution in [0.15, 0.2) is 16.7 Å². The SMILES string of the molecule is CC(C)CC(C)(O)CNc1ncc(Br)cc1F. The van der Waals surface area contributed by atoms with Gasteiger partial charge in [-0.2, -0.15) is 0 Å². The maximum Gasteiger partial charge on any atom is 0.166 e. The van der Waals surface area contributed by atoms with Crippen molar-refractivity contribution in [1.82, 2.24) is 4.98 Å². The quantitative estimate of drug-likeness (QED) is 0.878. The molecule has 0 saturated heterocycles. The second-order valence-electron chi connectivity index (χ2n) is 4.93. The Morgan fingerprint density at radius 2 is 2.24 bits per heavy atom. The van der Waals surface area contributed by atoms with Crippen LogP contribution in [0, 0.1) is 11.7 Å². The smallest absolute Gasteiger partial charge is 0.166 e. The predicted octanol–water partition coefficient (Wildman–Crippen LogP) is 3.19. The first kappa shape index (κ1) is 14.4. The molecule has 0 fully saturated rings. The lowest BCUT2D eigenvalue weighted by atomic mass is 9.94. The van der Waals surface area contributed by atoms with Crippen molar-refractivity contribution in [3.63, 3.8) is 0 Å². The van der Waals surface area contributed by atoms with E-state index >= 15 is 0 Å². The van der Waals surface area contributed by atoms with Crippen LogP contribution in [-0.4, -0.2) is 22.2 Å². The molecular formula is C12H18BrFN2O. The van der Waals surface area contributed by atoms with Gasteiger partial charge in [0.25, 0.3) is 0 Å². The normalized spacial score (nSPS) is 14.8. The Bertz CT molecular complexity index is 383. The van der Waals surface area contributed by atoms with Crippen molar-refractivity contribution in [3.05, 3.63) is 22.6 Å². The van der Waals surface area contributed by atoms with Gasteiger partial charge in [-0.25, -0.2) is 9.37 Å². The molecule has 1 aromatic heterocycles. The van der Waals surface area contributed by atoms with Crippen LogP contribution in [0.3, 0.4) is 0 Å². The van der Waals surface area contributed by atoms with Crippen molar-refractivity contribution in [2.24, 2.45) is 5.92 Å². The molecule has 1 aromatic rings. The van der Waals surface area contributed by atoms with Crippen LogP contribution in [0.25, 0.3) is 0 Å². The van der Waals surface area contributed by atoms with E-state index < -0.39 is 11.4 Å². The number of aliphatic hydroxyl groups is 1. The van der Waals surface area contributed by atoms with Gasteiger partial charge in [0.2, 0.25) is 0 Å². The zero-order valence-corrected chi connectivity index (χ0v) is 11.9. The van der Waals surface area contributed by atoms with Crippen LogP contribution in [0.2, 0.25) is 0 Å². The molecule has 1 rings (SSSR count). The van der Waals surface area contributed by atoms with Gasteiger partial charge in [-0.1, -0.05) is 13.8 Å². The minimum atomic E-state index is -0.866. The van der Waals surface area contributed by atoms with Gasteiger partial charge >= 0.3 is 0 Å². The number of nitrogens with zero attached hydrogens (tertiary/aromatic N) is 1. The van der Waals surface area contributed by atoms with Crippen LogP contribution in [0.1, 0.15) is 27.2 Å². The standard InChI is InChI=1S/C12H18BrFN2O/c1-8(2)5-12(3,17)7-16-11-10(14)4-9(13)6-15-11/h4,6,8,17H,5,7H2,1-3H3,(H,15,16). The van der Waals surface area contributed by atoms with Crippen molar-refractivity contribution in [2.45, 2.75) is 32.8 Å². The van der Waals surface area contributed by atoms with E-state index in [0.29, 0.717) is 16.8 Å². The maximum atomic E-state index is 13.5. The molecule has 1 heterocycles. The van der Waals surface area contributed by atoms with Gasteiger partial charge in [-0.15, -0.1) is 0 Å². The highest BCUT2D eigenvalue weighted by Crippen LogP contribution is 2.19. The fourth-order valence-electron chi connectivity index (χ4n) is 1.77.